The Hall–Kier alpha value is -1.84. The first-order valence-corrected chi connectivity index (χ1v) is 4.82. The summed E-state index contributed by atoms with van der Waals surface area (Å²) in [5.74, 6) is -0.904. The highest BCUT2D eigenvalue weighted by Crippen LogP contribution is 2.17. The molecule has 0 aliphatic heterocycles. The molecule has 2 aromatic rings. The zero-order chi connectivity index (χ0) is 11.3. The number of carboxylic acids is 1. The lowest BCUT2D eigenvalue weighted by atomic mass is 10.2. The largest absolute Gasteiger partial charge is 0.481 e. The standard InChI is InChI=1S/C9H7NO3.C2H6/c11-9(12)5-7-6-3-1-2-4-8(6)13-10-7;1-2/h1-4H,5H2,(H,11,12);1-2H3. The van der Waals surface area contributed by atoms with Crippen LogP contribution in [0.1, 0.15) is 19.5 Å². The predicted molar refractivity (Wildman–Crippen MR) is 56.7 cm³/mol. The number of carbonyl (C=O) groups is 1. The van der Waals surface area contributed by atoms with Crippen LogP contribution in [-0.2, 0) is 11.2 Å². The van der Waals surface area contributed by atoms with Crippen LogP contribution >= 0.6 is 0 Å². The second kappa shape index (κ2) is 5.14. The molecular weight excluding hydrogens is 194 g/mol. The number of hydrogen-bond donors (Lipinski definition) is 1. The molecule has 0 radical (unpaired) electrons. The Morgan fingerprint density at radius 2 is 2.07 bits per heavy atom. The fraction of sp³-hybridized carbons (Fsp3) is 0.273. The number of rotatable bonds is 2. The summed E-state index contributed by atoms with van der Waals surface area (Å²) in [5, 5.41) is 13.0. The number of benzene rings is 1. The molecular formula is C11H13NO3. The molecule has 80 valence electrons. The van der Waals surface area contributed by atoms with Gasteiger partial charge in [-0.25, -0.2) is 0 Å². The van der Waals surface area contributed by atoms with Crippen LogP contribution in [0.4, 0.5) is 0 Å². The Labute approximate surface area is 87.5 Å². The first kappa shape index (κ1) is 11.2. The van der Waals surface area contributed by atoms with Crippen molar-refractivity contribution in [2.75, 3.05) is 0 Å². The number of nitrogens with zero attached hydrogens (tertiary/aromatic N) is 1. The molecule has 0 spiro atoms. The molecule has 0 aliphatic carbocycles. The third-order valence-electron chi connectivity index (χ3n) is 1.77. The van der Waals surface area contributed by atoms with E-state index in [1.807, 2.05) is 26.0 Å². The highest BCUT2D eigenvalue weighted by Gasteiger charge is 2.09. The number of para-hydroxylation sites is 1. The maximum absolute atomic E-state index is 10.4. The summed E-state index contributed by atoms with van der Waals surface area (Å²) in [6.07, 6.45) is -0.100. The van der Waals surface area contributed by atoms with Gasteiger partial charge in [0.05, 0.1) is 6.42 Å². The van der Waals surface area contributed by atoms with Crippen molar-refractivity contribution in [3.05, 3.63) is 30.0 Å². The number of carboxylic acid groups (broad SMARTS) is 1. The summed E-state index contributed by atoms with van der Waals surface area (Å²) in [6, 6.07) is 7.20. The van der Waals surface area contributed by atoms with E-state index in [4.69, 9.17) is 9.63 Å². The third-order valence-corrected chi connectivity index (χ3v) is 1.77. The Morgan fingerprint density at radius 3 is 2.73 bits per heavy atom. The quantitative estimate of drug-likeness (QED) is 0.821. The molecule has 0 bridgehead atoms. The van der Waals surface area contributed by atoms with E-state index < -0.39 is 5.97 Å². The third kappa shape index (κ3) is 2.56. The smallest absolute Gasteiger partial charge is 0.309 e. The molecule has 1 heterocycles. The lowest BCUT2D eigenvalue weighted by molar-refractivity contribution is -0.136. The first-order valence-electron chi connectivity index (χ1n) is 4.82. The highest BCUT2D eigenvalue weighted by molar-refractivity contribution is 5.83. The average molecular weight is 207 g/mol. The summed E-state index contributed by atoms with van der Waals surface area (Å²) in [4.78, 5) is 10.4. The number of hydrogen-bond acceptors (Lipinski definition) is 3. The van der Waals surface area contributed by atoms with Gasteiger partial charge in [-0.2, -0.15) is 0 Å². The number of fused-ring (bicyclic) bond motifs is 1. The highest BCUT2D eigenvalue weighted by atomic mass is 16.5. The van der Waals surface area contributed by atoms with Crippen molar-refractivity contribution >= 4 is 16.9 Å². The lowest BCUT2D eigenvalue weighted by Crippen LogP contribution is -2.00. The van der Waals surface area contributed by atoms with Gasteiger partial charge in [0.2, 0.25) is 0 Å². The van der Waals surface area contributed by atoms with Gasteiger partial charge in [0.1, 0.15) is 5.69 Å². The zero-order valence-electron chi connectivity index (χ0n) is 8.73. The van der Waals surface area contributed by atoms with Crippen molar-refractivity contribution in [1.29, 1.82) is 0 Å². The van der Waals surface area contributed by atoms with Crippen molar-refractivity contribution in [2.24, 2.45) is 0 Å². The maximum atomic E-state index is 10.4. The molecule has 0 saturated carbocycles. The van der Waals surface area contributed by atoms with Gasteiger partial charge in [-0.1, -0.05) is 31.1 Å². The molecule has 0 amide bonds. The maximum Gasteiger partial charge on any atom is 0.309 e. The van der Waals surface area contributed by atoms with Gasteiger partial charge in [0.15, 0.2) is 5.58 Å². The van der Waals surface area contributed by atoms with Crippen LogP contribution < -0.4 is 0 Å². The Bertz CT molecular complexity index is 448. The molecule has 4 heteroatoms. The van der Waals surface area contributed by atoms with Gasteiger partial charge >= 0.3 is 5.97 Å². The normalized spacial score (nSPS) is 9.47. The monoisotopic (exact) mass is 207 g/mol. The minimum Gasteiger partial charge on any atom is -0.481 e. The van der Waals surface area contributed by atoms with Gasteiger partial charge in [0, 0.05) is 5.39 Å². The van der Waals surface area contributed by atoms with Gasteiger partial charge in [-0.05, 0) is 12.1 Å². The fourth-order valence-electron chi connectivity index (χ4n) is 1.21. The van der Waals surface area contributed by atoms with Crippen LogP contribution in [0, 0.1) is 0 Å². The molecule has 4 nitrogen and oxygen atoms in total. The van der Waals surface area contributed by atoms with E-state index in [2.05, 4.69) is 5.16 Å². The number of aliphatic carboxylic acids is 1. The zero-order valence-corrected chi connectivity index (χ0v) is 8.73. The molecule has 0 aliphatic rings. The van der Waals surface area contributed by atoms with Crippen LogP contribution in [0.15, 0.2) is 28.8 Å². The van der Waals surface area contributed by atoms with Gasteiger partial charge in [0.25, 0.3) is 0 Å². The van der Waals surface area contributed by atoms with E-state index in [0.29, 0.717) is 11.3 Å². The Morgan fingerprint density at radius 1 is 1.40 bits per heavy atom. The summed E-state index contributed by atoms with van der Waals surface area (Å²) >= 11 is 0. The average Bonchev–Trinajstić information content (AvgIpc) is 2.64. The van der Waals surface area contributed by atoms with E-state index in [9.17, 15) is 4.79 Å². The van der Waals surface area contributed by atoms with Crippen LogP contribution in [0.25, 0.3) is 11.0 Å². The van der Waals surface area contributed by atoms with Crippen molar-refractivity contribution in [3.8, 4) is 0 Å². The van der Waals surface area contributed by atoms with E-state index in [-0.39, 0.29) is 6.42 Å². The molecule has 0 saturated heterocycles. The molecule has 15 heavy (non-hydrogen) atoms. The molecule has 1 aromatic heterocycles. The van der Waals surface area contributed by atoms with Crippen LogP contribution in [-0.4, -0.2) is 16.2 Å². The molecule has 1 aromatic carbocycles. The molecule has 0 unspecified atom stereocenters. The predicted octanol–water partition coefficient (Wildman–Crippen LogP) is 2.48. The summed E-state index contributed by atoms with van der Waals surface area (Å²) in [6.45, 7) is 4.00. The van der Waals surface area contributed by atoms with Crippen LogP contribution in [0.5, 0.6) is 0 Å². The van der Waals surface area contributed by atoms with Crippen LogP contribution in [0.3, 0.4) is 0 Å². The number of aromatic nitrogens is 1. The van der Waals surface area contributed by atoms with Crippen molar-refractivity contribution < 1.29 is 14.4 Å². The summed E-state index contributed by atoms with van der Waals surface area (Å²) in [7, 11) is 0. The Kier molecular flexibility index (Phi) is 3.85. The summed E-state index contributed by atoms with van der Waals surface area (Å²) in [5.41, 5.74) is 1.10. The van der Waals surface area contributed by atoms with Crippen molar-refractivity contribution in [1.82, 2.24) is 5.16 Å². The topological polar surface area (TPSA) is 63.3 Å². The summed E-state index contributed by atoms with van der Waals surface area (Å²) < 4.78 is 4.94. The first-order chi connectivity index (χ1) is 7.27. The van der Waals surface area contributed by atoms with Gasteiger partial charge in [-0.3, -0.25) is 4.79 Å². The second-order valence-electron chi connectivity index (χ2n) is 2.70. The molecule has 0 fully saturated rings. The fourth-order valence-corrected chi connectivity index (χ4v) is 1.21. The minimum absolute atomic E-state index is 0.100. The van der Waals surface area contributed by atoms with Gasteiger partial charge in [-0.15, -0.1) is 0 Å². The second-order valence-corrected chi connectivity index (χ2v) is 2.70. The molecule has 2 rings (SSSR count). The van der Waals surface area contributed by atoms with Crippen molar-refractivity contribution in [3.63, 3.8) is 0 Å². The Balaban J connectivity index is 0.000000531. The van der Waals surface area contributed by atoms with Crippen molar-refractivity contribution in [2.45, 2.75) is 20.3 Å². The lowest BCUT2D eigenvalue weighted by Gasteiger charge is -1.88. The molecule has 0 atom stereocenters. The minimum atomic E-state index is -0.904. The van der Waals surface area contributed by atoms with E-state index in [1.54, 1.807) is 12.1 Å². The van der Waals surface area contributed by atoms with E-state index >= 15 is 0 Å². The molecule has 1 N–H and O–H groups in total. The van der Waals surface area contributed by atoms with E-state index in [1.165, 1.54) is 0 Å². The SMILES string of the molecule is CC.O=C(O)Cc1noc2ccccc12. The van der Waals surface area contributed by atoms with E-state index in [0.717, 1.165) is 5.39 Å². The van der Waals surface area contributed by atoms with Gasteiger partial charge < -0.3 is 9.63 Å². The van der Waals surface area contributed by atoms with Crippen LogP contribution in [0.2, 0.25) is 0 Å².